The fourth-order valence-electron chi connectivity index (χ4n) is 2.02. The Balaban J connectivity index is 2.06. The Bertz CT molecular complexity index is 606. The van der Waals surface area contributed by atoms with Gasteiger partial charge in [0.2, 0.25) is 17.8 Å². The molecule has 1 amide bonds. The second-order valence-corrected chi connectivity index (χ2v) is 4.49. The van der Waals surface area contributed by atoms with Crippen molar-refractivity contribution in [3.63, 3.8) is 0 Å². The Kier molecular flexibility index (Phi) is 2.45. The van der Waals surface area contributed by atoms with Crippen molar-refractivity contribution in [2.45, 2.75) is 12.5 Å². The van der Waals surface area contributed by atoms with Gasteiger partial charge in [-0.3, -0.25) is 10.1 Å². The third kappa shape index (κ3) is 1.80. The number of aromatic nitrogens is 3. The maximum Gasteiger partial charge on any atom is 0.241 e. The molecule has 1 aliphatic rings. The number of nitrogens with two attached hydrogens (primary N) is 1. The minimum Gasteiger partial charge on any atom is -0.366 e. The molecule has 1 atom stereocenters. The van der Waals surface area contributed by atoms with E-state index in [1.165, 1.54) is 0 Å². The van der Waals surface area contributed by atoms with Crippen molar-refractivity contribution in [2.75, 3.05) is 11.1 Å². The number of rotatable bonds is 1. The van der Waals surface area contributed by atoms with E-state index in [0.29, 0.717) is 17.4 Å². The van der Waals surface area contributed by atoms with Gasteiger partial charge in [0.05, 0.1) is 12.5 Å². The van der Waals surface area contributed by atoms with Crippen LogP contribution < -0.4 is 11.1 Å². The minimum absolute atomic E-state index is 0.102. The Hall–Kier alpha value is -2.08. The van der Waals surface area contributed by atoms with Gasteiger partial charge in [-0.1, -0.05) is 23.7 Å². The summed E-state index contributed by atoms with van der Waals surface area (Å²) in [6.45, 7) is 0. The standard InChI is InChI=1S/C11H10ClN5O/c12-7-3-1-6(2-4-7)8-5-9(18)14-11-15-10(13)16-17(8)11/h1-4,8H,5H2,(H3,13,14,15,16,18). The number of nitrogens with one attached hydrogen (secondary N) is 1. The molecule has 1 aliphatic heterocycles. The predicted molar refractivity (Wildman–Crippen MR) is 67.3 cm³/mol. The van der Waals surface area contributed by atoms with E-state index in [9.17, 15) is 4.79 Å². The molecule has 1 aromatic carbocycles. The summed E-state index contributed by atoms with van der Waals surface area (Å²) in [4.78, 5) is 15.6. The molecule has 3 N–H and O–H groups in total. The van der Waals surface area contributed by atoms with Crippen molar-refractivity contribution in [1.82, 2.24) is 14.8 Å². The fraction of sp³-hybridized carbons (Fsp3) is 0.182. The third-order valence-electron chi connectivity index (χ3n) is 2.83. The van der Waals surface area contributed by atoms with Crippen molar-refractivity contribution in [1.29, 1.82) is 0 Å². The first kappa shape index (κ1) is 11.0. The minimum atomic E-state index is -0.198. The Morgan fingerprint density at radius 1 is 1.39 bits per heavy atom. The normalized spacial score (nSPS) is 18.3. The van der Waals surface area contributed by atoms with E-state index < -0.39 is 0 Å². The van der Waals surface area contributed by atoms with E-state index in [-0.39, 0.29) is 17.9 Å². The zero-order chi connectivity index (χ0) is 12.7. The van der Waals surface area contributed by atoms with E-state index in [1.807, 2.05) is 12.1 Å². The molecule has 0 saturated carbocycles. The molecular formula is C11H10ClN5O. The molecule has 0 radical (unpaired) electrons. The summed E-state index contributed by atoms with van der Waals surface area (Å²) < 4.78 is 1.62. The van der Waals surface area contributed by atoms with Crippen LogP contribution in [0.3, 0.4) is 0 Å². The van der Waals surface area contributed by atoms with Gasteiger partial charge in [0, 0.05) is 5.02 Å². The van der Waals surface area contributed by atoms with Crippen LogP contribution in [0.4, 0.5) is 11.9 Å². The quantitative estimate of drug-likeness (QED) is 0.815. The molecule has 2 heterocycles. The Morgan fingerprint density at radius 2 is 2.11 bits per heavy atom. The molecule has 7 heteroatoms. The SMILES string of the molecule is Nc1nc2n(n1)C(c1ccc(Cl)cc1)CC(=O)N2. The molecule has 0 fully saturated rings. The summed E-state index contributed by atoms with van der Waals surface area (Å²) in [6.07, 6.45) is 0.303. The number of carbonyl (C=O) groups is 1. The fourth-order valence-corrected chi connectivity index (χ4v) is 2.15. The van der Waals surface area contributed by atoms with E-state index in [4.69, 9.17) is 17.3 Å². The van der Waals surface area contributed by atoms with Crippen molar-refractivity contribution in [3.05, 3.63) is 34.9 Å². The van der Waals surface area contributed by atoms with Crippen molar-refractivity contribution in [2.24, 2.45) is 0 Å². The maximum atomic E-state index is 11.6. The number of amides is 1. The highest BCUT2D eigenvalue weighted by atomic mass is 35.5. The maximum absolute atomic E-state index is 11.6. The first-order valence-electron chi connectivity index (χ1n) is 5.41. The highest BCUT2D eigenvalue weighted by Crippen LogP contribution is 2.29. The molecule has 1 unspecified atom stereocenters. The zero-order valence-corrected chi connectivity index (χ0v) is 10.1. The number of hydrogen-bond donors (Lipinski definition) is 2. The molecule has 0 aliphatic carbocycles. The van der Waals surface area contributed by atoms with Gasteiger partial charge in [-0.25, -0.2) is 4.68 Å². The van der Waals surface area contributed by atoms with Gasteiger partial charge < -0.3 is 5.73 Å². The third-order valence-corrected chi connectivity index (χ3v) is 3.08. The molecule has 92 valence electrons. The van der Waals surface area contributed by atoms with Crippen LogP contribution in [0.1, 0.15) is 18.0 Å². The molecular weight excluding hydrogens is 254 g/mol. The Labute approximate surface area is 108 Å². The van der Waals surface area contributed by atoms with E-state index >= 15 is 0 Å². The first-order chi connectivity index (χ1) is 8.63. The van der Waals surface area contributed by atoms with Crippen LogP contribution in [0.25, 0.3) is 0 Å². The van der Waals surface area contributed by atoms with Gasteiger partial charge in [-0.2, -0.15) is 4.98 Å². The van der Waals surface area contributed by atoms with Crippen molar-refractivity contribution >= 4 is 29.4 Å². The molecule has 1 aromatic heterocycles. The zero-order valence-electron chi connectivity index (χ0n) is 9.30. The monoisotopic (exact) mass is 263 g/mol. The van der Waals surface area contributed by atoms with Gasteiger partial charge in [0.1, 0.15) is 0 Å². The van der Waals surface area contributed by atoms with Crippen LogP contribution in [0.15, 0.2) is 24.3 Å². The molecule has 0 bridgehead atoms. The average Bonchev–Trinajstić information content (AvgIpc) is 2.69. The summed E-state index contributed by atoms with van der Waals surface area (Å²) in [6, 6.07) is 7.10. The van der Waals surface area contributed by atoms with Gasteiger partial charge in [-0.15, -0.1) is 5.10 Å². The number of halogens is 1. The number of carbonyl (C=O) groups excluding carboxylic acids is 1. The van der Waals surface area contributed by atoms with Gasteiger partial charge in [0.25, 0.3) is 0 Å². The average molecular weight is 264 g/mol. The lowest BCUT2D eigenvalue weighted by Gasteiger charge is -2.23. The highest BCUT2D eigenvalue weighted by Gasteiger charge is 2.28. The topological polar surface area (TPSA) is 85.8 Å². The van der Waals surface area contributed by atoms with E-state index in [2.05, 4.69) is 15.4 Å². The van der Waals surface area contributed by atoms with Crippen LogP contribution in [0, 0.1) is 0 Å². The highest BCUT2D eigenvalue weighted by molar-refractivity contribution is 6.30. The van der Waals surface area contributed by atoms with Crippen LogP contribution in [-0.4, -0.2) is 20.7 Å². The van der Waals surface area contributed by atoms with Crippen molar-refractivity contribution in [3.8, 4) is 0 Å². The molecule has 18 heavy (non-hydrogen) atoms. The van der Waals surface area contributed by atoms with Crippen LogP contribution in [-0.2, 0) is 4.79 Å². The molecule has 3 rings (SSSR count). The Morgan fingerprint density at radius 3 is 2.83 bits per heavy atom. The van der Waals surface area contributed by atoms with Crippen LogP contribution in [0.5, 0.6) is 0 Å². The van der Waals surface area contributed by atoms with Gasteiger partial charge >= 0.3 is 0 Å². The van der Waals surface area contributed by atoms with Gasteiger partial charge in [0.15, 0.2) is 0 Å². The molecule has 2 aromatic rings. The smallest absolute Gasteiger partial charge is 0.241 e. The largest absolute Gasteiger partial charge is 0.366 e. The van der Waals surface area contributed by atoms with E-state index in [1.54, 1.807) is 16.8 Å². The lowest BCUT2D eigenvalue weighted by atomic mass is 10.0. The van der Waals surface area contributed by atoms with Crippen LogP contribution in [0.2, 0.25) is 5.02 Å². The first-order valence-corrected chi connectivity index (χ1v) is 5.78. The summed E-state index contributed by atoms with van der Waals surface area (Å²) in [5, 5.41) is 7.39. The molecule has 0 spiro atoms. The number of nitrogen functional groups attached to an aromatic ring is 1. The number of fused-ring (bicyclic) bond motifs is 1. The summed E-state index contributed by atoms with van der Waals surface area (Å²) in [7, 11) is 0. The lowest BCUT2D eigenvalue weighted by Crippen LogP contribution is -2.29. The lowest BCUT2D eigenvalue weighted by molar-refractivity contribution is -0.117. The summed E-state index contributed by atoms with van der Waals surface area (Å²) >= 11 is 5.85. The number of benzene rings is 1. The number of anilines is 2. The summed E-state index contributed by atoms with van der Waals surface area (Å²) in [5.41, 5.74) is 6.50. The summed E-state index contributed by atoms with van der Waals surface area (Å²) in [5.74, 6) is 0.421. The van der Waals surface area contributed by atoms with Gasteiger partial charge in [-0.05, 0) is 17.7 Å². The predicted octanol–water partition coefficient (Wildman–Crippen LogP) is 1.45. The second-order valence-electron chi connectivity index (χ2n) is 4.06. The number of nitrogens with zero attached hydrogens (tertiary/aromatic N) is 3. The van der Waals surface area contributed by atoms with Crippen molar-refractivity contribution < 1.29 is 4.79 Å². The molecule has 0 saturated heterocycles. The molecule has 6 nitrogen and oxygen atoms in total. The van der Waals surface area contributed by atoms with E-state index in [0.717, 1.165) is 5.56 Å². The number of hydrogen-bond acceptors (Lipinski definition) is 4. The van der Waals surface area contributed by atoms with Crippen LogP contribution >= 0.6 is 11.6 Å². The second kappa shape index (κ2) is 3.99.